The molecule has 4 aromatic rings. The van der Waals surface area contributed by atoms with E-state index < -0.39 is 34.9 Å². The molecule has 0 spiro atoms. The number of nitrogens with zero attached hydrogens (tertiary/aromatic N) is 2. The maximum atomic E-state index is 13.8. The van der Waals surface area contributed by atoms with Gasteiger partial charge in [-0.2, -0.15) is 13.2 Å². The fourth-order valence-electron chi connectivity index (χ4n) is 4.23. The molecule has 1 atom stereocenters. The number of halogens is 4. The minimum absolute atomic E-state index is 0.145. The van der Waals surface area contributed by atoms with E-state index in [-0.39, 0.29) is 40.1 Å². The predicted molar refractivity (Wildman–Crippen MR) is 138 cm³/mol. The first kappa shape index (κ1) is 27.0. The number of methoxy groups -OCH3 is 1. The van der Waals surface area contributed by atoms with E-state index in [2.05, 4.69) is 5.32 Å². The molecule has 0 aliphatic carbocycles. The Kier molecular flexibility index (Phi) is 7.63. The average Bonchev–Trinajstić information content (AvgIpc) is 2.89. The third-order valence-electron chi connectivity index (χ3n) is 6.08. The first-order chi connectivity index (χ1) is 18.0. The minimum Gasteiger partial charge on any atom is -0.497 e. The van der Waals surface area contributed by atoms with Crippen LogP contribution in [0.5, 0.6) is 5.75 Å². The Morgan fingerprint density at radius 3 is 2.47 bits per heavy atom. The van der Waals surface area contributed by atoms with Gasteiger partial charge < -0.3 is 10.1 Å². The lowest BCUT2D eigenvalue weighted by molar-refractivity contribution is -0.137. The van der Waals surface area contributed by atoms with E-state index in [1.807, 2.05) is 0 Å². The number of amides is 1. The molecule has 3 aromatic carbocycles. The van der Waals surface area contributed by atoms with Crippen LogP contribution in [-0.4, -0.2) is 22.2 Å². The Hall–Kier alpha value is -4.05. The molecule has 4 rings (SSSR count). The maximum Gasteiger partial charge on any atom is 0.416 e. The molecule has 198 valence electrons. The zero-order valence-electron chi connectivity index (χ0n) is 20.4. The third kappa shape index (κ3) is 5.31. The number of ether oxygens (including phenoxy) is 1. The maximum absolute atomic E-state index is 13.8. The molecule has 1 amide bonds. The molecule has 0 aliphatic rings. The Morgan fingerprint density at radius 1 is 1.05 bits per heavy atom. The summed E-state index contributed by atoms with van der Waals surface area (Å²) in [6.07, 6.45) is -4.38. The van der Waals surface area contributed by atoms with E-state index in [1.54, 1.807) is 25.1 Å². The summed E-state index contributed by atoms with van der Waals surface area (Å²) in [5.74, 6) is -0.188. The molecule has 0 unspecified atom stereocenters. The number of aromatic nitrogens is 2. The Labute approximate surface area is 220 Å². The van der Waals surface area contributed by atoms with Crippen molar-refractivity contribution >= 4 is 28.4 Å². The molecule has 0 fully saturated rings. The van der Waals surface area contributed by atoms with Crippen molar-refractivity contribution in [3.8, 4) is 11.4 Å². The summed E-state index contributed by atoms with van der Waals surface area (Å²) in [7, 11) is 1.45. The SMILES string of the molecule is CC[C@H](C(=O)NCc1cccc(C(F)(F)F)c1)n1c(=O)n(-c2cccc(OC)c2)c(=O)c2ccc(Cl)cc21. The topological polar surface area (TPSA) is 82.3 Å². The molecule has 38 heavy (non-hydrogen) atoms. The highest BCUT2D eigenvalue weighted by molar-refractivity contribution is 6.31. The first-order valence-electron chi connectivity index (χ1n) is 11.6. The van der Waals surface area contributed by atoms with Gasteiger partial charge in [-0.3, -0.25) is 14.2 Å². The van der Waals surface area contributed by atoms with Crippen molar-refractivity contribution in [3.63, 3.8) is 0 Å². The number of hydrogen-bond acceptors (Lipinski definition) is 4. The lowest BCUT2D eigenvalue weighted by atomic mass is 10.1. The van der Waals surface area contributed by atoms with Crippen molar-refractivity contribution in [1.82, 2.24) is 14.5 Å². The van der Waals surface area contributed by atoms with Gasteiger partial charge >= 0.3 is 11.9 Å². The smallest absolute Gasteiger partial charge is 0.416 e. The molecule has 7 nitrogen and oxygen atoms in total. The van der Waals surface area contributed by atoms with Crippen LogP contribution in [0.25, 0.3) is 16.6 Å². The van der Waals surface area contributed by atoms with Crippen LogP contribution < -0.4 is 21.3 Å². The van der Waals surface area contributed by atoms with Crippen molar-refractivity contribution in [2.24, 2.45) is 0 Å². The molecular weight excluding hydrogens is 523 g/mol. The van der Waals surface area contributed by atoms with Gasteiger partial charge in [-0.15, -0.1) is 0 Å². The van der Waals surface area contributed by atoms with Crippen LogP contribution in [0.3, 0.4) is 0 Å². The molecule has 0 saturated carbocycles. The van der Waals surface area contributed by atoms with Gasteiger partial charge in [-0.25, -0.2) is 9.36 Å². The normalized spacial score (nSPS) is 12.4. The molecule has 0 aliphatic heterocycles. The largest absolute Gasteiger partial charge is 0.497 e. The van der Waals surface area contributed by atoms with Crippen molar-refractivity contribution in [1.29, 1.82) is 0 Å². The molecule has 0 bridgehead atoms. The van der Waals surface area contributed by atoms with E-state index in [0.29, 0.717) is 5.75 Å². The highest BCUT2D eigenvalue weighted by atomic mass is 35.5. The number of rotatable bonds is 7. The monoisotopic (exact) mass is 545 g/mol. The van der Waals surface area contributed by atoms with Gasteiger partial charge in [0.1, 0.15) is 11.8 Å². The standard InChI is InChI=1S/C27H23ClF3N3O4/c1-3-22(24(35)32-15-16-6-4-7-17(12-16)27(29,30)31)34-23-13-18(28)10-11-21(23)25(36)33(26(34)37)19-8-5-9-20(14-19)38-2/h4-14,22H,3,15H2,1-2H3,(H,32,35)/t22-/m1/s1. The van der Waals surface area contributed by atoms with Crippen LogP contribution in [-0.2, 0) is 17.5 Å². The summed E-state index contributed by atoms with van der Waals surface area (Å²) in [4.78, 5) is 40.5. The van der Waals surface area contributed by atoms with E-state index in [9.17, 15) is 27.6 Å². The van der Waals surface area contributed by atoms with Crippen LogP contribution in [0.4, 0.5) is 13.2 Å². The van der Waals surface area contributed by atoms with Crippen LogP contribution >= 0.6 is 11.6 Å². The van der Waals surface area contributed by atoms with Gasteiger partial charge in [0.25, 0.3) is 5.56 Å². The number of hydrogen-bond donors (Lipinski definition) is 1. The summed E-state index contributed by atoms with van der Waals surface area (Å²) in [5.41, 5.74) is -1.58. The van der Waals surface area contributed by atoms with Crippen molar-refractivity contribution in [3.05, 3.63) is 104 Å². The molecule has 0 saturated heterocycles. The fraction of sp³-hybridized carbons (Fsp3) is 0.222. The minimum atomic E-state index is -4.52. The van der Waals surface area contributed by atoms with E-state index in [1.165, 1.54) is 48.1 Å². The van der Waals surface area contributed by atoms with Gasteiger partial charge in [0.05, 0.1) is 29.3 Å². The Morgan fingerprint density at radius 2 is 1.79 bits per heavy atom. The highest BCUT2D eigenvalue weighted by Gasteiger charge is 2.30. The predicted octanol–water partition coefficient (Wildman–Crippen LogP) is 5.10. The van der Waals surface area contributed by atoms with Gasteiger partial charge in [-0.05, 0) is 54.4 Å². The van der Waals surface area contributed by atoms with Crippen LogP contribution in [0.1, 0.15) is 30.5 Å². The number of carbonyl (C=O) groups is 1. The Balaban J connectivity index is 1.81. The molecule has 1 aromatic heterocycles. The molecule has 1 N–H and O–H groups in total. The molecule has 11 heteroatoms. The highest BCUT2D eigenvalue weighted by Crippen LogP contribution is 2.29. The zero-order valence-corrected chi connectivity index (χ0v) is 21.1. The van der Waals surface area contributed by atoms with E-state index in [0.717, 1.165) is 16.7 Å². The number of benzene rings is 3. The number of fused-ring (bicyclic) bond motifs is 1. The van der Waals surface area contributed by atoms with E-state index >= 15 is 0 Å². The van der Waals surface area contributed by atoms with Gasteiger partial charge in [0.2, 0.25) is 5.91 Å². The lowest BCUT2D eigenvalue weighted by Gasteiger charge is -2.22. The third-order valence-corrected chi connectivity index (χ3v) is 6.32. The quantitative estimate of drug-likeness (QED) is 0.350. The van der Waals surface area contributed by atoms with Crippen LogP contribution in [0, 0.1) is 0 Å². The van der Waals surface area contributed by atoms with Gasteiger partial charge in [0, 0.05) is 17.6 Å². The van der Waals surface area contributed by atoms with Crippen molar-refractivity contribution in [2.45, 2.75) is 32.1 Å². The summed E-state index contributed by atoms with van der Waals surface area (Å²) in [5, 5.41) is 3.03. The summed E-state index contributed by atoms with van der Waals surface area (Å²) >= 11 is 6.18. The first-order valence-corrected chi connectivity index (χ1v) is 12.0. The molecular formula is C27H23ClF3N3O4. The van der Waals surface area contributed by atoms with Crippen molar-refractivity contribution in [2.75, 3.05) is 7.11 Å². The Bertz CT molecular complexity index is 1630. The number of alkyl halides is 3. The second-order valence-electron chi connectivity index (χ2n) is 8.50. The molecule has 1 heterocycles. The fourth-order valence-corrected chi connectivity index (χ4v) is 4.40. The zero-order chi connectivity index (χ0) is 27.6. The molecule has 0 radical (unpaired) electrons. The van der Waals surface area contributed by atoms with Gasteiger partial charge in [-0.1, -0.05) is 36.7 Å². The summed E-state index contributed by atoms with van der Waals surface area (Å²) in [6, 6.07) is 14.3. The number of nitrogens with one attached hydrogen (secondary N) is 1. The lowest BCUT2D eigenvalue weighted by Crippen LogP contribution is -2.44. The second kappa shape index (κ2) is 10.7. The summed E-state index contributed by atoms with van der Waals surface area (Å²) < 4.78 is 46.6. The van der Waals surface area contributed by atoms with Crippen LogP contribution in [0.15, 0.2) is 76.3 Å². The van der Waals surface area contributed by atoms with Gasteiger partial charge in [0.15, 0.2) is 0 Å². The number of carbonyl (C=O) groups excluding carboxylic acids is 1. The van der Waals surface area contributed by atoms with Crippen molar-refractivity contribution < 1.29 is 22.7 Å². The van der Waals surface area contributed by atoms with E-state index in [4.69, 9.17) is 16.3 Å². The van der Waals surface area contributed by atoms with Crippen LogP contribution in [0.2, 0.25) is 5.02 Å². The average molecular weight is 546 g/mol. The second-order valence-corrected chi connectivity index (χ2v) is 8.93. The summed E-state index contributed by atoms with van der Waals surface area (Å²) in [6.45, 7) is 1.49.